The molecule has 0 aliphatic carbocycles. The molecule has 0 bridgehead atoms. The Morgan fingerprint density at radius 3 is 2.90 bits per heavy atom. The summed E-state index contributed by atoms with van der Waals surface area (Å²) in [6, 6.07) is 4.36. The summed E-state index contributed by atoms with van der Waals surface area (Å²) in [6.07, 6.45) is 1.21. The van der Waals surface area contributed by atoms with E-state index < -0.39 is 10.9 Å². The van der Waals surface area contributed by atoms with Crippen LogP contribution in [0.2, 0.25) is 0 Å². The molecule has 0 amide bonds. The Kier molecular flexibility index (Phi) is 4.22. The second-order valence-corrected chi connectivity index (χ2v) is 5.01. The number of halogens is 1. The van der Waals surface area contributed by atoms with Crippen LogP contribution in [0.15, 0.2) is 28.9 Å². The third kappa shape index (κ3) is 3.19. The lowest BCUT2D eigenvalue weighted by Crippen LogP contribution is -2.09. The van der Waals surface area contributed by atoms with Gasteiger partial charge in [-0.3, -0.25) is 14.8 Å². The summed E-state index contributed by atoms with van der Waals surface area (Å²) in [6.45, 7) is -0.138. The molecule has 1 heterocycles. The Labute approximate surface area is 127 Å². The van der Waals surface area contributed by atoms with Gasteiger partial charge in [0.15, 0.2) is 5.75 Å². The maximum Gasteiger partial charge on any atom is 0.339 e. The van der Waals surface area contributed by atoms with E-state index in [1.165, 1.54) is 23.0 Å². The Morgan fingerprint density at radius 1 is 1.57 bits per heavy atom. The smallest absolute Gasteiger partial charge is 0.339 e. The van der Waals surface area contributed by atoms with Gasteiger partial charge in [-0.2, -0.15) is 5.10 Å². The molecule has 1 aromatic carbocycles. The average Bonchev–Trinajstić information content (AvgIpc) is 2.78. The highest BCUT2D eigenvalue weighted by atomic mass is 79.9. The Bertz CT molecular complexity index is 713. The molecular formula is C12H10BrN3O5. The quantitative estimate of drug-likeness (QED) is 0.651. The lowest BCUT2D eigenvalue weighted by Gasteiger charge is -2.08. The molecule has 1 aromatic heterocycles. The van der Waals surface area contributed by atoms with Crippen molar-refractivity contribution in [3.63, 3.8) is 0 Å². The number of hydrogen-bond donors (Lipinski definition) is 1. The van der Waals surface area contributed by atoms with Crippen LogP contribution in [0.3, 0.4) is 0 Å². The van der Waals surface area contributed by atoms with Gasteiger partial charge in [0.05, 0.1) is 16.8 Å². The minimum absolute atomic E-state index is 0.00253. The first-order valence-electron chi connectivity index (χ1n) is 5.71. The first kappa shape index (κ1) is 15.0. The predicted octanol–water partition coefficient (Wildman–Crippen LogP) is 2.37. The van der Waals surface area contributed by atoms with E-state index in [-0.39, 0.29) is 23.6 Å². The minimum atomic E-state index is -1.13. The van der Waals surface area contributed by atoms with E-state index in [0.717, 1.165) is 0 Å². The standard InChI is InChI=1S/C12H10BrN3O5/c1-15-10(8(5-14-15)12(17)18)6-21-11-3-2-7(13)4-9(11)16(19)20/h2-5H,6H2,1H3,(H,17,18). The van der Waals surface area contributed by atoms with Gasteiger partial charge in [-0.05, 0) is 12.1 Å². The third-order valence-electron chi connectivity index (χ3n) is 2.77. The molecule has 110 valence electrons. The highest BCUT2D eigenvalue weighted by Crippen LogP contribution is 2.30. The van der Waals surface area contributed by atoms with Crippen molar-refractivity contribution in [1.29, 1.82) is 0 Å². The first-order valence-corrected chi connectivity index (χ1v) is 6.50. The summed E-state index contributed by atoms with van der Waals surface area (Å²) in [5, 5.41) is 23.8. The molecule has 0 spiro atoms. The van der Waals surface area contributed by atoms with Crippen LogP contribution in [0.4, 0.5) is 5.69 Å². The zero-order valence-electron chi connectivity index (χ0n) is 10.8. The van der Waals surface area contributed by atoms with Gasteiger partial charge in [-0.25, -0.2) is 4.79 Å². The van der Waals surface area contributed by atoms with Crippen LogP contribution in [0.5, 0.6) is 5.75 Å². The van der Waals surface area contributed by atoms with E-state index in [2.05, 4.69) is 21.0 Å². The van der Waals surface area contributed by atoms with Gasteiger partial charge in [-0.1, -0.05) is 15.9 Å². The van der Waals surface area contributed by atoms with Crippen molar-refractivity contribution in [2.75, 3.05) is 0 Å². The minimum Gasteiger partial charge on any atom is -0.480 e. The van der Waals surface area contributed by atoms with Crippen LogP contribution in [0, 0.1) is 10.1 Å². The van der Waals surface area contributed by atoms with Crippen LogP contribution in [0.25, 0.3) is 0 Å². The lowest BCUT2D eigenvalue weighted by atomic mass is 10.2. The van der Waals surface area contributed by atoms with E-state index in [0.29, 0.717) is 10.2 Å². The average molecular weight is 356 g/mol. The number of carbonyl (C=O) groups is 1. The third-order valence-corrected chi connectivity index (χ3v) is 3.27. The van der Waals surface area contributed by atoms with Crippen molar-refractivity contribution in [1.82, 2.24) is 9.78 Å². The summed E-state index contributed by atoms with van der Waals surface area (Å²) >= 11 is 3.14. The van der Waals surface area contributed by atoms with Crippen LogP contribution in [-0.4, -0.2) is 25.8 Å². The van der Waals surface area contributed by atoms with Crippen molar-refractivity contribution >= 4 is 27.6 Å². The van der Waals surface area contributed by atoms with Gasteiger partial charge in [0.2, 0.25) is 0 Å². The molecule has 1 N–H and O–H groups in total. The van der Waals surface area contributed by atoms with Crippen molar-refractivity contribution in [2.24, 2.45) is 7.05 Å². The number of nitro benzene ring substituents is 1. The van der Waals surface area contributed by atoms with Crippen LogP contribution in [-0.2, 0) is 13.7 Å². The molecule has 21 heavy (non-hydrogen) atoms. The van der Waals surface area contributed by atoms with Gasteiger partial charge >= 0.3 is 11.7 Å². The van der Waals surface area contributed by atoms with Crippen molar-refractivity contribution in [3.05, 3.63) is 50.2 Å². The van der Waals surface area contributed by atoms with Gasteiger partial charge in [-0.15, -0.1) is 0 Å². The molecule has 8 nitrogen and oxygen atoms in total. The number of rotatable bonds is 5. The van der Waals surface area contributed by atoms with Gasteiger partial charge in [0.25, 0.3) is 0 Å². The summed E-state index contributed by atoms with van der Waals surface area (Å²) in [4.78, 5) is 21.4. The predicted molar refractivity (Wildman–Crippen MR) is 75.3 cm³/mol. The molecule has 9 heteroatoms. The van der Waals surface area contributed by atoms with Crippen LogP contribution >= 0.6 is 15.9 Å². The highest BCUT2D eigenvalue weighted by molar-refractivity contribution is 9.10. The fraction of sp³-hybridized carbons (Fsp3) is 0.167. The molecule has 0 saturated carbocycles. The number of nitro groups is 1. The van der Waals surface area contributed by atoms with Crippen LogP contribution < -0.4 is 4.74 Å². The van der Waals surface area contributed by atoms with E-state index in [1.54, 1.807) is 13.1 Å². The molecule has 0 fully saturated rings. The normalized spacial score (nSPS) is 10.4. The topological polar surface area (TPSA) is 107 Å². The Morgan fingerprint density at radius 2 is 2.29 bits per heavy atom. The SMILES string of the molecule is Cn1ncc(C(=O)O)c1COc1ccc(Br)cc1[N+](=O)[O-]. The Hall–Kier alpha value is -2.42. The molecular weight excluding hydrogens is 346 g/mol. The van der Waals surface area contributed by atoms with E-state index in [4.69, 9.17) is 9.84 Å². The summed E-state index contributed by atoms with van der Waals surface area (Å²) in [7, 11) is 1.57. The number of aromatic carboxylic acids is 1. The van der Waals surface area contributed by atoms with E-state index >= 15 is 0 Å². The number of carboxylic acids is 1. The zero-order valence-corrected chi connectivity index (χ0v) is 12.4. The monoisotopic (exact) mass is 355 g/mol. The second kappa shape index (κ2) is 5.92. The van der Waals surface area contributed by atoms with Crippen molar-refractivity contribution in [3.8, 4) is 5.75 Å². The summed E-state index contributed by atoms with van der Waals surface area (Å²) in [5.41, 5.74) is 0.111. The fourth-order valence-corrected chi connectivity index (χ4v) is 2.06. The first-order chi connectivity index (χ1) is 9.90. The molecule has 0 aliphatic heterocycles. The van der Waals surface area contributed by atoms with Gasteiger partial charge in [0.1, 0.15) is 12.2 Å². The highest BCUT2D eigenvalue weighted by Gasteiger charge is 2.19. The number of aryl methyl sites for hydroxylation is 1. The summed E-state index contributed by atoms with van der Waals surface area (Å²) in [5.74, 6) is -1.08. The van der Waals surface area contributed by atoms with E-state index in [1.807, 2.05) is 0 Å². The largest absolute Gasteiger partial charge is 0.480 e. The number of benzene rings is 1. The molecule has 0 atom stereocenters. The lowest BCUT2D eigenvalue weighted by molar-refractivity contribution is -0.386. The Balaban J connectivity index is 2.27. The molecule has 2 aromatic rings. The molecule has 0 saturated heterocycles. The number of hydrogen-bond acceptors (Lipinski definition) is 5. The maximum absolute atomic E-state index is 11.0. The number of nitrogens with zero attached hydrogens (tertiary/aromatic N) is 3. The molecule has 0 aliphatic rings. The summed E-state index contributed by atoms with van der Waals surface area (Å²) < 4.78 is 7.29. The van der Waals surface area contributed by atoms with Crippen LogP contribution in [0.1, 0.15) is 16.1 Å². The number of carboxylic acid groups (broad SMARTS) is 1. The van der Waals surface area contributed by atoms with Crippen molar-refractivity contribution < 1.29 is 19.6 Å². The van der Waals surface area contributed by atoms with Gasteiger partial charge < -0.3 is 9.84 Å². The van der Waals surface area contributed by atoms with Gasteiger partial charge in [0, 0.05) is 17.6 Å². The fourth-order valence-electron chi connectivity index (χ4n) is 1.71. The maximum atomic E-state index is 11.0. The van der Waals surface area contributed by atoms with E-state index in [9.17, 15) is 14.9 Å². The number of aromatic nitrogens is 2. The molecule has 0 radical (unpaired) electrons. The molecule has 0 unspecified atom stereocenters. The number of ether oxygens (including phenoxy) is 1. The molecule has 2 rings (SSSR count). The second-order valence-electron chi connectivity index (χ2n) is 4.09. The zero-order chi connectivity index (χ0) is 15.6. The van der Waals surface area contributed by atoms with Crippen molar-refractivity contribution in [2.45, 2.75) is 6.61 Å².